The van der Waals surface area contributed by atoms with Crippen molar-refractivity contribution in [1.82, 2.24) is 15.3 Å². The quantitative estimate of drug-likeness (QED) is 0.700. The van der Waals surface area contributed by atoms with E-state index in [0.29, 0.717) is 16.7 Å². The maximum Gasteiger partial charge on any atom is 0.416 e. The van der Waals surface area contributed by atoms with E-state index in [-0.39, 0.29) is 12.0 Å². The Balaban J connectivity index is 1.75. The number of benzene rings is 2. The Morgan fingerprint density at radius 2 is 1.68 bits per heavy atom. The minimum Gasteiger partial charge on any atom is -0.480 e. The molecule has 3 rings (SSSR count). The fraction of sp³-hybridized carbons (Fsp3) is 0.158. The number of para-hydroxylation sites is 2. The number of carbonyl (C=O) groups excluding carboxylic acids is 1. The van der Waals surface area contributed by atoms with Crippen LogP contribution < -0.4 is 5.32 Å². The van der Waals surface area contributed by atoms with Crippen molar-refractivity contribution in [3.63, 3.8) is 0 Å². The smallest absolute Gasteiger partial charge is 0.416 e. The lowest BCUT2D eigenvalue weighted by Crippen LogP contribution is -2.42. The molecule has 0 bridgehead atoms. The van der Waals surface area contributed by atoms with Gasteiger partial charge >= 0.3 is 12.1 Å². The largest absolute Gasteiger partial charge is 0.480 e. The number of nitrogens with zero attached hydrogens (tertiary/aromatic N) is 2. The minimum absolute atomic E-state index is 0.0798. The van der Waals surface area contributed by atoms with Crippen LogP contribution >= 0.6 is 0 Å². The Morgan fingerprint density at radius 1 is 1.04 bits per heavy atom. The number of amides is 1. The lowest BCUT2D eigenvalue weighted by Gasteiger charge is -2.15. The van der Waals surface area contributed by atoms with Crippen molar-refractivity contribution < 1.29 is 27.9 Å². The first kappa shape index (κ1) is 19.3. The number of nitrogens with one attached hydrogen (secondary N) is 1. The van der Waals surface area contributed by atoms with Gasteiger partial charge in [-0.2, -0.15) is 13.2 Å². The van der Waals surface area contributed by atoms with Crippen LogP contribution in [0.25, 0.3) is 11.0 Å². The van der Waals surface area contributed by atoms with E-state index in [2.05, 4.69) is 15.3 Å². The molecule has 6 nitrogen and oxygen atoms in total. The number of alkyl halides is 3. The number of halogens is 3. The average molecular weight is 389 g/mol. The molecule has 0 saturated heterocycles. The summed E-state index contributed by atoms with van der Waals surface area (Å²) in [6.07, 6.45) is -3.23. The molecule has 0 spiro atoms. The van der Waals surface area contributed by atoms with Crippen molar-refractivity contribution in [1.29, 1.82) is 0 Å². The van der Waals surface area contributed by atoms with E-state index in [9.17, 15) is 27.9 Å². The molecule has 9 heteroatoms. The molecule has 28 heavy (non-hydrogen) atoms. The van der Waals surface area contributed by atoms with Crippen LogP contribution in [0.1, 0.15) is 21.6 Å². The second kappa shape index (κ2) is 7.63. The number of hydrogen-bond donors (Lipinski definition) is 2. The van der Waals surface area contributed by atoms with Crippen LogP contribution in [0.3, 0.4) is 0 Å². The highest BCUT2D eigenvalue weighted by atomic mass is 19.4. The summed E-state index contributed by atoms with van der Waals surface area (Å²) >= 11 is 0. The lowest BCUT2D eigenvalue weighted by molar-refractivity contribution is -0.139. The van der Waals surface area contributed by atoms with Gasteiger partial charge in [-0.1, -0.05) is 12.1 Å². The minimum atomic E-state index is -4.52. The first-order valence-electron chi connectivity index (χ1n) is 8.15. The molecule has 0 saturated carbocycles. The van der Waals surface area contributed by atoms with Gasteiger partial charge in [0.25, 0.3) is 5.91 Å². The van der Waals surface area contributed by atoms with Crippen LogP contribution in [0.15, 0.2) is 54.7 Å². The van der Waals surface area contributed by atoms with Crippen LogP contribution in [0, 0.1) is 0 Å². The molecule has 0 unspecified atom stereocenters. The van der Waals surface area contributed by atoms with E-state index in [1.165, 1.54) is 6.20 Å². The van der Waals surface area contributed by atoms with Crippen LogP contribution in [0.2, 0.25) is 0 Å². The van der Waals surface area contributed by atoms with Gasteiger partial charge in [-0.15, -0.1) is 0 Å². The summed E-state index contributed by atoms with van der Waals surface area (Å²) < 4.78 is 37.8. The normalized spacial score (nSPS) is 12.5. The van der Waals surface area contributed by atoms with Gasteiger partial charge < -0.3 is 10.4 Å². The van der Waals surface area contributed by atoms with Crippen molar-refractivity contribution >= 4 is 22.9 Å². The molecule has 0 aliphatic heterocycles. The number of aromatic nitrogens is 2. The zero-order valence-corrected chi connectivity index (χ0v) is 14.3. The molecule has 0 radical (unpaired) electrons. The monoisotopic (exact) mass is 389 g/mol. The van der Waals surface area contributed by atoms with Crippen molar-refractivity contribution in [2.24, 2.45) is 0 Å². The maximum absolute atomic E-state index is 12.6. The molecule has 1 amide bonds. The molecule has 1 heterocycles. The van der Waals surface area contributed by atoms with Gasteiger partial charge in [-0.05, 0) is 36.4 Å². The molecule has 0 aliphatic rings. The molecule has 0 aliphatic carbocycles. The molecule has 1 atom stereocenters. The Bertz CT molecular complexity index is 1020. The Labute approximate surface area is 157 Å². The lowest BCUT2D eigenvalue weighted by atomic mass is 10.1. The van der Waals surface area contributed by atoms with Gasteiger partial charge in [0.05, 0.1) is 22.3 Å². The summed E-state index contributed by atoms with van der Waals surface area (Å²) in [5.74, 6) is -2.09. The molecule has 144 valence electrons. The fourth-order valence-electron chi connectivity index (χ4n) is 2.56. The Kier molecular flexibility index (Phi) is 5.25. The number of fused-ring (bicyclic) bond motifs is 1. The van der Waals surface area contributed by atoms with Crippen molar-refractivity contribution in [3.05, 3.63) is 71.5 Å². The molecular formula is C19H14F3N3O3. The van der Waals surface area contributed by atoms with Gasteiger partial charge in [-0.3, -0.25) is 9.78 Å². The second-order valence-electron chi connectivity index (χ2n) is 5.99. The maximum atomic E-state index is 12.6. The van der Waals surface area contributed by atoms with Crippen LogP contribution in [-0.2, 0) is 17.4 Å². The number of rotatable bonds is 5. The fourth-order valence-corrected chi connectivity index (χ4v) is 2.56. The van der Waals surface area contributed by atoms with Crippen molar-refractivity contribution in [2.45, 2.75) is 18.6 Å². The zero-order valence-electron chi connectivity index (χ0n) is 14.3. The second-order valence-corrected chi connectivity index (χ2v) is 5.99. The van der Waals surface area contributed by atoms with E-state index >= 15 is 0 Å². The molecule has 2 aromatic carbocycles. The number of carboxylic acid groups (broad SMARTS) is 1. The summed E-state index contributed by atoms with van der Waals surface area (Å²) in [6.45, 7) is 0. The number of aliphatic carboxylic acids is 1. The van der Waals surface area contributed by atoms with Crippen molar-refractivity contribution in [3.8, 4) is 0 Å². The standard InChI is InChI=1S/C19H14F3N3O3/c20-19(21,22)12-7-5-11(6-8-12)17(26)25-16(18(27)28)9-13-10-23-14-3-1-2-4-15(14)24-13/h1-8,10,16H,9H2,(H,25,26)(H,27,28)/t16-/m1/s1. The summed E-state index contributed by atoms with van der Waals surface area (Å²) in [5, 5.41) is 11.7. The highest BCUT2D eigenvalue weighted by Crippen LogP contribution is 2.29. The highest BCUT2D eigenvalue weighted by Gasteiger charge is 2.30. The predicted molar refractivity (Wildman–Crippen MR) is 93.6 cm³/mol. The molecule has 0 fully saturated rings. The van der Waals surface area contributed by atoms with E-state index in [1.807, 2.05) is 0 Å². The van der Waals surface area contributed by atoms with Crippen LogP contribution in [0.5, 0.6) is 0 Å². The summed E-state index contributed by atoms with van der Waals surface area (Å²) in [5.41, 5.74) is 0.609. The Hall–Kier alpha value is -3.49. The third kappa shape index (κ3) is 4.43. The predicted octanol–water partition coefficient (Wildman–Crippen LogP) is 3.07. The molecular weight excluding hydrogens is 375 g/mol. The van der Waals surface area contributed by atoms with Crippen LogP contribution in [0.4, 0.5) is 13.2 Å². The first-order chi connectivity index (χ1) is 13.2. The van der Waals surface area contributed by atoms with Gasteiger partial charge in [-0.25, -0.2) is 9.78 Å². The number of carboxylic acids is 1. The SMILES string of the molecule is O=C(N[C@H](Cc1cnc2ccccc2n1)C(=O)O)c1ccc(C(F)(F)F)cc1. The summed E-state index contributed by atoms with van der Waals surface area (Å²) in [4.78, 5) is 32.2. The van der Waals surface area contributed by atoms with Gasteiger partial charge in [0.1, 0.15) is 6.04 Å². The van der Waals surface area contributed by atoms with Gasteiger partial charge in [0.15, 0.2) is 0 Å². The highest BCUT2D eigenvalue weighted by molar-refractivity contribution is 5.96. The first-order valence-corrected chi connectivity index (χ1v) is 8.15. The molecule has 1 aromatic heterocycles. The van der Waals surface area contributed by atoms with E-state index in [0.717, 1.165) is 24.3 Å². The van der Waals surface area contributed by atoms with Gasteiger partial charge in [0, 0.05) is 18.2 Å². The van der Waals surface area contributed by atoms with E-state index in [1.54, 1.807) is 24.3 Å². The van der Waals surface area contributed by atoms with Crippen LogP contribution in [-0.4, -0.2) is 33.0 Å². The zero-order chi connectivity index (χ0) is 20.3. The third-order valence-electron chi connectivity index (χ3n) is 3.99. The number of carbonyl (C=O) groups is 2. The molecule has 2 N–H and O–H groups in total. The van der Waals surface area contributed by atoms with E-state index in [4.69, 9.17) is 0 Å². The van der Waals surface area contributed by atoms with Crippen molar-refractivity contribution in [2.75, 3.05) is 0 Å². The third-order valence-corrected chi connectivity index (χ3v) is 3.99. The molecule has 3 aromatic rings. The summed E-state index contributed by atoms with van der Waals surface area (Å²) in [6, 6.07) is 9.24. The topological polar surface area (TPSA) is 92.2 Å². The summed E-state index contributed by atoms with van der Waals surface area (Å²) in [7, 11) is 0. The van der Waals surface area contributed by atoms with Gasteiger partial charge in [0.2, 0.25) is 0 Å². The number of hydrogen-bond acceptors (Lipinski definition) is 4. The average Bonchev–Trinajstić information content (AvgIpc) is 2.66. The van der Waals surface area contributed by atoms with E-state index < -0.39 is 29.7 Å². The Morgan fingerprint density at radius 3 is 2.29 bits per heavy atom.